The lowest BCUT2D eigenvalue weighted by Gasteiger charge is -2.05. The van der Waals surface area contributed by atoms with Crippen LogP contribution in [0.25, 0.3) is 10.2 Å². The van der Waals surface area contributed by atoms with Crippen molar-refractivity contribution in [3.8, 4) is 0 Å². The molecule has 0 bridgehead atoms. The van der Waals surface area contributed by atoms with Crippen LogP contribution in [0, 0.1) is 34.6 Å². The molecule has 5 nitrogen and oxygen atoms in total. The number of aryl methyl sites for hydroxylation is 3. The highest BCUT2D eigenvalue weighted by Gasteiger charge is 2.14. The number of rotatable bonds is 2. The van der Waals surface area contributed by atoms with Crippen molar-refractivity contribution in [3.63, 3.8) is 0 Å². The standard InChI is InChI=1S/C15H19N5S/c1-7-9(3)19-20(10(7)4)6-12-17-14(16)13-8(2)11(5)21-15(13)18-12/h6H2,1-5H3,(H2,16,17,18). The molecule has 3 aromatic heterocycles. The number of anilines is 1. The third kappa shape index (κ3) is 2.19. The van der Waals surface area contributed by atoms with E-state index in [-0.39, 0.29) is 0 Å². The lowest BCUT2D eigenvalue weighted by Crippen LogP contribution is -2.09. The Balaban J connectivity index is 2.07. The normalized spacial score (nSPS) is 11.5. The molecule has 2 N–H and O–H groups in total. The van der Waals surface area contributed by atoms with E-state index in [4.69, 9.17) is 5.73 Å². The van der Waals surface area contributed by atoms with E-state index in [9.17, 15) is 0 Å². The summed E-state index contributed by atoms with van der Waals surface area (Å²) in [7, 11) is 0. The van der Waals surface area contributed by atoms with Gasteiger partial charge in [0.05, 0.1) is 11.1 Å². The number of aromatic nitrogens is 4. The first-order valence-electron chi connectivity index (χ1n) is 6.91. The Labute approximate surface area is 127 Å². The van der Waals surface area contributed by atoms with E-state index in [1.165, 1.54) is 16.0 Å². The zero-order valence-electron chi connectivity index (χ0n) is 13.0. The summed E-state index contributed by atoms with van der Waals surface area (Å²) in [4.78, 5) is 11.3. The zero-order chi connectivity index (χ0) is 15.3. The molecular formula is C15H19N5S. The van der Waals surface area contributed by atoms with Crippen LogP contribution < -0.4 is 5.73 Å². The first kappa shape index (κ1) is 14.0. The molecule has 0 aliphatic heterocycles. The van der Waals surface area contributed by atoms with E-state index in [1.54, 1.807) is 11.3 Å². The molecule has 3 rings (SSSR count). The summed E-state index contributed by atoms with van der Waals surface area (Å²) in [5.41, 5.74) is 10.7. The van der Waals surface area contributed by atoms with Crippen LogP contribution in [0.4, 0.5) is 5.82 Å². The third-order valence-corrected chi connectivity index (χ3v) is 5.24. The van der Waals surface area contributed by atoms with Gasteiger partial charge in [0, 0.05) is 10.6 Å². The fourth-order valence-corrected chi connectivity index (χ4v) is 3.53. The van der Waals surface area contributed by atoms with E-state index in [1.807, 2.05) is 11.6 Å². The Morgan fingerprint density at radius 2 is 1.76 bits per heavy atom. The number of thiophene rings is 1. The summed E-state index contributed by atoms with van der Waals surface area (Å²) in [5.74, 6) is 1.28. The molecule has 0 unspecified atom stereocenters. The van der Waals surface area contributed by atoms with E-state index >= 15 is 0 Å². The van der Waals surface area contributed by atoms with Crippen LogP contribution in [0.2, 0.25) is 0 Å². The topological polar surface area (TPSA) is 69.6 Å². The molecule has 0 atom stereocenters. The molecule has 0 saturated carbocycles. The summed E-state index contributed by atoms with van der Waals surface area (Å²) >= 11 is 1.67. The van der Waals surface area contributed by atoms with Crippen molar-refractivity contribution < 1.29 is 0 Å². The summed E-state index contributed by atoms with van der Waals surface area (Å²) < 4.78 is 1.94. The maximum atomic E-state index is 6.12. The Kier molecular flexibility index (Phi) is 3.20. The predicted molar refractivity (Wildman–Crippen MR) is 86.8 cm³/mol. The van der Waals surface area contributed by atoms with Crippen LogP contribution in [0.3, 0.4) is 0 Å². The van der Waals surface area contributed by atoms with Crippen LogP contribution in [0.15, 0.2) is 0 Å². The molecule has 0 spiro atoms. The minimum absolute atomic E-state index is 0.552. The maximum absolute atomic E-state index is 6.12. The average Bonchev–Trinajstić information content (AvgIpc) is 2.83. The molecule has 0 aliphatic carbocycles. The van der Waals surface area contributed by atoms with Gasteiger partial charge in [0.25, 0.3) is 0 Å². The fraction of sp³-hybridized carbons (Fsp3) is 0.400. The Morgan fingerprint density at radius 1 is 1.05 bits per heavy atom. The van der Waals surface area contributed by atoms with Gasteiger partial charge in [0.2, 0.25) is 0 Å². The first-order chi connectivity index (χ1) is 9.88. The SMILES string of the molecule is Cc1nn(Cc2nc(N)c3c(C)c(C)sc3n2)c(C)c1C. The molecule has 110 valence electrons. The molecule has 0 aromatic carbocycles. The zero-order valence-corrected chi connectivity index (χ0v) is 13.8. The molecule has 21 heavy (non-hydrogen) atoms. The number of hydrogen-bond donors (Lipinski definition) is 1. The van der Waals surface area contributed by atoms with Crippen LogP contribution in [0.1, 0.15) is 33.2 Å². The van der Waals surface area contributed by atoms with Gasteiger partial charge in [-0.1, -0.05) is 0 Å². The number of fused-ring (bicyclic) bond motifs is 1. The molecule has 3 heterocycles. The molecule has 0 saturated heterocycles. The second-order valence-electron chi connectivity index (χ2n) is 5.44. The molecule has 0 aliphatic rings. The molecule has 0 amide bonds. The monoisotopic (exact) mass is 301 g/mol. The van der Waals surface area contributed by atoms with Gasteiger partial charge in [-0.2, -0.15) is 5.10 Å². The molecular weight excluding hydrogens is 282 g/mol. The van der Waals surface area contributed by atoms with Crippen LogP contribution in [-0.2, 0) is 6.54 Å². The van der Waals surface area contributed by atoms with E-state index < -0.39 is 0 Å². The summed E-state index contributed by atoms with van der Waals surface area (Å²) in [6, 6.07) is 0. The molecule has 0 fully saturated rings. The van der Waals surface area contributed by atoms with Crippen LogP contribution >= 0.6 is 11.3 Å². The van der Waals surface area contributed by atoms with Crippen molar-refractivity contribution in [2.24, 2.45) is 0 Å². The Morgan fingerprint density at radius 3 is 2.38 bits per heavy atom. The van der Waals surface area contributed by atoms with Gasteiger partial charge in [0.1, 0.15) is 17.2 Å². The lowest BCUT2D eigenvalue weighted by molar-refractivity contribution is 0.634. The molecule has 6 heteroatoms. The van der Waals surface area contributed by atoms with Crippen molar-refractivity contribution in [3.05, 3.63) is 33.2 Å². The largest absolute Gasteiger partial charge is 0.383 e. The second-order valence-corrected chi connectivity index (χ2v) is 6.65. The third-order valence-electron chi connectivity index (χ3n) is 4.14. The van der Waals surface area contributed by atoms with Crippen molar-refractivity contribution in [2.45, 2.75) is 41.2 Å². The smallest absolute Gasteiger partial charge is 0.153 e. The Hall–Kier alpha value is -1.95. The minimum atomic E-state index is 0.552. The van der Waals surface area contributed by atoms with Gasteiger partial charge >= 0.3 is 0 Å². The highest BCUT2D eigenvalue weighted by atomic mass is 32.1. The van der Waals surface area contributed by atoms with E-state index in [0.717, 1.165) is 21.6 Å². The maximum Gasteiger partial charge on any atom is 0.153 e. The first-order valence-corrected chi connectivity index (χ1v) is 7.72. The van der Waals surface area contributed by atoms with Gasteiger partial charge in [-0.3, -0.25) is 4.68 Å². The number of nitrogens with zero attached hydrogens (tertiary/aromatic N) is 4. The number of nitrogens with two attached hydrogens (primary N) is 1. The highest BCUT2D eigenvalue weighted by Crippen LogP contribution is 2.31. The molecule has 3 aromatic rings. The van der Waals surface area contributed by atoms with Crippen molar-refractivity contribution in [1.29, 1.82) is 0 Å². The van der Waals surface area contributed by atoms with Crippen molar-refractivity contribution in [1.82, 2.24) is 19.7 Å². The second kappa shape index (κ2) is 4.80. The van der Waals surface area contributed by atoms with Gasteiger partial charge in [0.15, 0.2) is 5.82 Å². The van der Waals surface area contributed by atoms with Gasteiger partial charge in [-0.25, -0.2) is 9.97 Å². The van der Waals surface area contributed by atoms with E-state index in [2.05, 4.69) is 42.8 Å². The summed E-state index contributed by atoms with van der Waals surface area (Å²) in [5, 5.41) is 5.53. The summed E-state index contributed by atoms with van der Waals surface area (Å²) in [6.45, 7) is 10.9. The van der Waals surface area contributed by atoms with Crippen LogP contribution in [0.5, 0.6) is 0 Å². The molecule has 0 radical (unpaired) electrons. The van der Waals surface area contributed by atoms with Gasteiger partial charge in [-0.15, -0.1) is 11.3 Å². The minimum Gasteiger partial charge on any atom is -0.383 e. The number of hydrogen-bond acceptors (Lipinski definition) is 5. The lowest BCUT2D eigenvalue weighted by atomic mass is 10.2. The quantitative estimate of drug-likeness (QED) is 0.789. The van der Waals surface area contributed by atoms with E-state index in [0.29, 0.717) is 18.2 Å². The van der Waals surface area contributed by atoms with Gasteiger partial charge in [-0.05, 0) is 45.7 Å². The van der Waals surface area contributed by atoms with Crippen LogP contribution in [-0.4, -0.2) is 19.7 Å². The van der Waals surface area contributed by atoms with Crippen molar-refractivity contribution in [2.75, 3.05) is 5.73 Å². The Bertz CT molecular complexity index is 844. The van der Waals surface area contributed by atoms with Gasteiger partial charge < -0.3 is 5.73 Å². The predicted octanol–water partition coefficient (Wildman–Crippen LogP) is 3.06. The number of nitrogen functional groups attached to an aromatic ring is 1. The van der Waals surface area contributed by atoms with Crippen molar-refractivity contribution >= 4 is 27.4 Å². The highest BCUT2D eigenvalue weighted by molar-refractivity contribution is 7.18. The summed E-state index contributed by atoms with van der Waals surface area (Å²) in [6.07, 6.45) is 0. The fourth-order valence-electron chi connectivity index (χ4n) is 2.47. The average molecular weight is 301 g/mol.